The van der Waals surface area contributed by atoms with E-state index >= 15 is 0 Å². The average Bonchev–Trinajstić information content (AvgIpc) is 2.57. The summed E-state index contributed by atoms with van der Waals surface area (Å²) in [6.45, 7) is 6.86. The minimum atomic E-state index is 0.505. The Morgan fingerprint density at radius 1 is 1.23 bits per heavy atom. The third-order valence-corrected chi connectivity index (χ3v) is 4.23. The number of hydrogen-bond acceptors (Lipinski definition) is 5. The molecule has 3 heterocycles. The zero-order valence-corrected chi connectivity index (χ0v) is 13.2. The van der Waals surface area contributed by atoms with E-state index in [0.717, 1.165) is 24.6 Å². The minimum absolute atomic E-state index is 0.505. The van der Waals surface area contributed by atoms with E-state index in [2.05, 4.69) is 26.8 Å². The molecule has 1 fully saturated rings. The van der Waals surface area contributed by atoms with Crippen molar-refractivity contribution in [1.82, 2.24) is 15.0 Å². The van der Waals surface area contributed by atoms with Crippen LogP contribution in [0.2, 0.25) is 0 Å². The second-order valence-corrected chi connectivity index (χ2v) is 5.84. The molecule has 0 saturated carbocycles. The van der Waals surface area contributed by atoms with Crippen LogP contribution < -0.4 is 9.64 Å². The number of pyridine rings is 1. The smallest absolute Gasteiger partial charge is 0.213 e. The van der Waals surface area contributed by atoms with Crippen LogP contribution in [0.25, 0.3) is 0 Å². The van der Waals surface area contributed by atoms with Crippen LogP contribution in [0.1, 0.15) is 24.1 Å². The molecule has 2 aromatic rings. The Bertz CT molecular complexity index is 617. The van der Waals surface area contributed by atoms with Crippen molar-refractivity contribution in [2.24, 2.45) is 5.92 Å². The highest BCUT2D eigenvalue weighted by atomic mass is 16.5. The van der Waals surface area contributed by atoms with Crippen molar-refractivity contribution in [2.75, 3.05) is 24.6 Å². The van der Waals surface area contributed by atoms with Gasteiger partial charge in [0, 0.05) is 42.5 Å². The van der Waals surface area contributed by atoms with Gasteiger partial charge in [-0.1, -0.05) is 6.07 Å². The molecule has 2 aromatic heterocycles. The summed E-state index contributed by atoms with van der Waals surface area (Å²) in [6.07, 6.45) is 5.77. The number of rotatable bonds is 4. The van der Waals surface area contributed by atoms with E-state index < -0.39 is 0 Å². The molecule has 1 aliphatic rings. The summed E-state index contributed by atoms with van der Waals surface area (Å²) in [5.41, 5.74) is 2.23. The Morgan fingerprint density at radius 2 is 2.14 bits per heavy atom. The normalized spacial score (nSPS) is 18.3. The first kappa shape index (κ1) is 14.8. The number of aryl methyl sites for hydroxylation is 1. The van der Waals surface area contributed by atoms with E-state index in [1.165, 1.54) is 18.4 Å². The van der Waals surface area contributed by atoms with Crippen LogP contribution in [0, 0.1) is 19.8 Å². The van der Waals surface area contributed by atoms with Crippen LogP contribution in [0.3, 0.4) is 0 Å². The lowest BCUT2D eigenvalue weighted by atomic mass is 9.98. The molecule has 3 rings (SSSR count). The van der Waals surface area contributed by atoms with Crippen LogP contribution >= 0.6 is 0 Å². The van der Waals surface area contributed by atoms with E-state index in [9.17, 15) is 0 Å². The maximum Gasteiger partial charge on any atom is 0.213 e. The molecule has 22 heavy (non-hydrogen) atoms. The van der Waals surface area contributed by atoms with Gasteiger partial charge in [-0.25, -0.2) is 15.0 Å². The molecular formula is C17H22N4O. The number of piperidine rings is 1. The monoisotopic (exact) mass is 298 g/mol. The van der Waals surface area contributed by atoms with Crippen molar-refractivity contribution < 1.29 is 4.74 Å². The van der Waals surface area contributed by atoms with Crippen LogP contribution in [-0.2, 0) is 0 Å². The Kier molecular flexibility index (Phi) is 4.51. The van der Waals surface area contributed by atoms with E-state index in [1.54, 1.807) is 12.5 Å². The van der Waals surface area contributed by atoms with Crippen molar-refractivity contribution in [3.05, 3.63) is 42.0 Å². The van der Waals surface area contributed by atoms with Gasteiger partial charge >= 0.3 is 0 Å². The van der Waals surface area contributed by atoms with Crippen LogP contribution in [0.5, 0.6) is 5.88 Å². The quantitative estimate of drug-likeness (QED) is 0.868. The first-order valence-electron chi connectivity index (χ1n) is 7.81. The molecule has 1 atom stereocenters. The first-order valence-corrected chi connectivity index (χ1v) is 7.81. The molecule has 0 aromatic carbocycles. The maximum atomic E-state index is 5.81. The second kappa shape index (κ2) is 6.73. The molecule has 0 aliphatic carbocycles. The highest BCUT2D eigenvalue weighted by Gasteiger charge is 2.23. The fourth-order valence-electron chi connectivity index (χ4n) is 2.87. The Balaban J connectivity index is 1.63. The van der Waals surface area contributed by atoms with Gasteiger partial charge in [0.25, 0.3) is 0 Å². The fraction of sp³-hybridized carbons (Fsp3) is 0.471. The van der Waals surface area contributed by atoms with E-state index in [1.807, 2.05) is 25.1 Å². The minimum Gasteiger partial charge on any atom is -0.477 e. The molecule has 0 amide bonds. The topological polar surface area (TPSA) is 51.1 Å². The average molecular weight is 298 g/mol. The van der Waals surface area contributed by atoms with Crippen LogP contribution in [-0.4, -0.2) is 34.6 Å². The van der Waals surface area contributed by atoms with E-state index in [-0.39, 0.29) is 0 Å². The summed E-state index contributed by atoms with van der Waals surface area (Å²) >= 11 is 0. The molecule has 0 bridgehead atoms. The Labute approximate surface area is 131 Å². The second-order valence-electron chi connectivity index (χ2n) is 5.84. The Hall–Kier alpha value is -2.17. The molecule has 0 radical (unpaired) electrons. The standard InChI is InChI=1S/C17H22N4O/c1-13-14(2)19-12-20-17(13)21-9-5-6-15(10-21)11-22-16-7-3-4-8-18-16/h3-4,7-8,12,15H,5-6,9-11H2,1-2H3. The summed E-state index contributed by atoms with van der Waals surface area (Å²) in [7, 11) is 0. The Morgan fingerprint density at radius 3 is 2.95 bits per heavy atom. The molecule has 1 saturated heterocycles. The van der Waals surface area contributed by atoms with Gasteiger partial charge in [0.15, 0.2) is 0 Å². The lowest BCUT2D eigenvalue weighted by molar-refractivity contribution is 0.221. The van der Waals surface area contributed by atoms with Crippen LogP contribution in [0.4, 0.5) is 5.82 Å². The van der Waals surface area contributed by atoms with Crippen molar-refractivity contribution in [1.29, 1.82) is 0 Å². The predicted molar refractivity (Wildman–Crippen MR) is 86.2 cm³/mol. The maximum absolute atomic E-state index is 5.81. The molecule has 1 unspecified atom stereocenters. The highest BCUT2D eigenvalue weighted by Crippen LogP contribution is 2.25. The number of aromatic nitrogens is 3. The molecule has 5 nitrogen and oxygen atoms in total. The van der Waals surface area contributed by atoms with Gasteiger partial charge < -0.3 is 9.64 Å². The van der Waals surface area contributed by atoms with Crippen molar-refractivity contribution >= 4 is 5.82 Å². The molecule has 0 spiro atoms. The molecule has 5 heteroatoms. The lowest BCUT2D eigenvalue weighted by Gasteiger charge is -2.34. The molecule has 116 valence electrons. The SMILES string of the molecule is Cc1ncnc(N2CCCC(COc3ccccn3)C2)c1C. The third kappa shape index (κ3) is 3.35. The van der Waals surface area contributed by atoms with E-state index in [4.69, 9.17) is 4.74 Å². The summed E-state index contributed by atoms with van der Waals surface area (Å²) in [5, 5.41) is 0. The van der Waals surface area contributed by atoms with Crippen molar-refractivity contribution in [3.63, 3.8) is 0 Å². The predicted octanol–water partition coefficient (Wildman–Crippen LogP) is 2.78. The number of ether oxygens (including phenoxy) is 1. The number of nitrogens with zero attached hydrogens (tertiary/aromatic N) is 4. The summed E-state index contributed by atoms with van der Waals surface area (Å²) in [4.78, 5) is 15.3. The summed E-state index contributed by atoms with van der Waals surface area (Å²) in [5.74, 6) is 2.27. The van der Waals surface area contributed by atoms with Gasteiger partial charge in [0.2, 0.25) is 5.88 Å². The number of hydrogen-bond donors (Lipinski definition) is 0. The van der Waals surface area contributed by atoms with Gasteiger partial charge in [-0.15, -0.1) is 0 Å². The summed E-state index contributed by atoms with van der Waals surface area (Å²) in [6, 6.07) is 5.75. The van der Waals surface area contributed by atoms with Crippen molar-refractivity contribution in [3.8, 4) is 5.88 Å². The fourth-order valence-corrected chi connectivity index (χ4v) is 2.87. The molecular weight excluding hydrogens is 276 g/mol. The number of anilines is 1. The largest absolute Gasteiger partial charge is 0.477 e. The zero-order valence-electron chi connectivity index (χ0n) is 13.2. The summed E-state index contributed by atoms with van der Waals surface area (Å²) < 4.78 is 5.81. The van der Waals surface area contributed by atoms with Gasteiger partial charge in [0.05, 0.1) is 6.61 Å². The van der Waals surface area contributed by atoms with Crippen LogP contribution in [0.15, 0.2) is 30.7 Å². The zero-order chi connectivity index (χ0) is 15.4. The van der Waals surface area contributed by atoms with E-state index in [0.29, 0.717) is 18.4 Å². The van der Waals surface area contributed by atoms with Crippen molar-refractivity contribution in [2.45, 2.75) is 26.7 Å². The highest BCUT2D eigenvalue weighted by molar-refractivity contribution is 5.47. The lowest BCUT2D eigenvalue weighted by Crippen LogP contribution is -2.38. The molecule has 0 N–H and O–H groups in total. The van der Waals surface area contributed by atoms with Gasteiger partial charge in [-0.2, -0.15) is 0 Å². The van der Waals surface area contributed by atoms with Gasteiger partial charge in [-0.3, -0.25) is 0 Å². The molecule has 1 aliphatic heterocycles. The van der Waals surface area contributed by atoms with Gasteiger partial charge in [-0.05, 0) is 32.8 Å². The third-order valence-electron chi connectivity index (χ3n) is 4.23. The first-order chi connectivity index (χ1) is 10.7. The van der Waals surface area contributed by atoms with Gasteiger partial charge in [0.1, 0.15) is 12.1 Å².